The van der Waals surface area contributed by atoms with E-state index in [-0.39, 0.29) is 10.7 Å². The van der Waals surface area contributed by atoms with Crippen molar-refractivity contribution in [2.24, 2.45) is 0 Å². The Balaban J connectivity index is 1.72. The summed E-state index contributed by atoms with van der Waals surface area (Å²) in [5.41, 5.74) is 0.722. The third kappa shape index (κ3) is 4.45. The van der Waals surface area contributed by atoms with Crippen LogP contribution < -0.4 is 19.5 Å². The summed E-state index contributed by atoms with van der Waals surface area (Å²) >= 11 is 0. The Hall–Kier alpha value is -3.33. The van der Waals surface area contributed by atoms with Crippen molar-refractivity contribution in [2.75, 3.05) is 24.3 Å². The van der Waals surface area contributed by atoms with Gasteiger partial charge in [-0.15, -0.1) is 10.2 Å². The SMILES string of the molecule is COc1ccc(Nc2ccc(NS(=O)(=O)c3ccccc3)nn2)cc1OC. The van der Waals surface area contributed by atoms with E-state index in [9.17, 15) is 8.42 Å². The summed E-state index contributed by atoms with van der Waals surface area (Å²) in [7, 11) is -0.593. The first-order valence-corrected chi connectivity index (χ1v) is 9.41. The molecule has 8 nitrogen and oxygen atoms in total. The van der Waals surface area contributed by atoms with Crippen molar-refractivity contribution in [3.8, 4) is 11.5 Å². The third-order valence-electron chi connectivity index (χ3n) is 3.61. The maximum Gasteiger partial charge on any atom is 0.263 e. The smallest absolute Gasteiger partial charge is 0.263 e. The van der Waals surface area contributed by atoms with Crippen molar-refractivity contribution in [1.82, 2.24) is 10.2 Å². The maximum absolute atomic E-state index is 12.3. The first kappa shape index (κ1) is 18.5. The molecule has 1 aromatic heterocycles. The average molecular weight is 386 g/mol. The van der Waals surface area contributed by atoms with Crippen molar-refractivity contribution < 1.29 is 17.9 Å². The van der Waals surface area contributed by atoms with E-state index in [4.69, 9.17) is 9.47 Å². The Morgan fingerprint density at radius 2 is 1.48 bits per heavy atom. The summed E-state index contributed by atoms with van der Waals surface area (Å²) in [6.45, 7) is 0. The summed E-state index contributed by atoms with van der Waals surface area (Å²) in [6.07, 6.45) is 0. The molecule has 0 spiro atoms. The summed E-state index contributed by atoms with van der Waals surface area (Å²) in [5.74, 6) is 1.75. The molecule has 0 aliphatic rings. The predicted octanol–water partition coefficient (Wildman–Crippen LogP) is 3.04. The van der Waals surface area contributed by atoms with Crippen molar-refractivity contribution in [1.29, 1.82) is 0 Å². The molecule has 0 aliphatic carbocycles. The molecule has 1 heterocycles. The molecule has 2 aromatic carbocycles. The fourth-order valence-electron chi connectivity index (χ4n) is 2.31. The van der Waals surface area contributed by atoms with Gasteiger partial charge in [0.25, 0.3) is 10.0 Å². The van der Waals surface area contributed by atoms with E-state index < -0.39 is 10.0 Å². The van der Waals surface area contributed by atoms with Gasteiger partial charge in [0.2, 0.25) is 0 Å². The fraction of sp³-hybridized carbons (Fsp3) is 0.111. The Labute approximate surface area is 157 Å². The number of hydrogen-bond acceptors (Lipinski definition) is 7. The quantitative estimate of drug-likeness (QED) is 0.643. The number of nitrogens with zero attached hydrogens (tertiary/aromatic N) is 2. The number of anilines is 3. The standard InChI is InChI=1S/C18H18N4O4S/c1-25-15-9-8-13(12-16(15)26-2)19-17-10-11-18(21-20-17)22-27(23,24)14-6-4-3-5-7-14/h3-12H,1-2H3,(H,19,20)(H,21,22). The lowest BCUT2D eigenvalue weighted by Gasteiger charge is -2.11. The van der Waals surface area contributed by atoms with Gasteiger partial charge in [-0.05, 0) is 36.4 Å². The van der Waals surface area contributed by atoms with Gasteiger partial charge in [-0.1, -0.05) is 18.2 Å². The lowest BCUT2D eigenvalue weighted by molar-refractivity contribution is 0.355. The molecule has 0 atom stereocenters. The number of benzene rings is 2. The van der Waals surface area contributed by atoms with Gasteiger partial charge in [0.15, 0.2) is 23.1 Å². The molecule has 0 saturated carbocycles. The Morgan fingerprint density at radius 1 is 0.815 bits per heavy atom. The second-order valence-corrected chi connectivity index (χ2v) is 7.10. The number of ether oxygens (including phenoxy) is 2. The van der Waals surface area contributed by atoms with Crippen LogP contribution in [0.15, 0.2) is 65.6 Å². The molecule has 2 N–H and O–H groups in total. The number of methoxy groups -OCH3 is 2. The zero-order chi connectivity index (χ0) is 19.3. The number of sulfonamides is 1. The highest BCUT2D eigenvalue weighted by Gasteiger charge is 2.14. The van der Waals surface area contributed by atoms with E-state index in [1.807, 2.05) is 0 Å². The molecule has 0 bridgehead atoms. The van der Waals surface area contributed by atoms with Crippen LogP contribution in [-0.4, -0.2) is 32.8 Å². The number of nitrogens with one attached hydrogen (secondary N) is 2. The van der Waals surface area contributed by atoms with Crippen LogP contribution in [0, 0.1) is 0 Å². The summed E-state index contributed by atoms with van der Waals surface area (Å²) in [5, 5.41) is 11.0. The molecule has 3 rings (SSSR count). The van der Waals surface area contributed by atoms with E-state index in [1.165, 1.54) is 18.2 Å². The van der Waals surface area contributed by atoms with Crippen LogP contribution in [0.3, 0.4) is 0 Å². The molecule has 140 valence electrons. The molecule has 0 unspecified atom stereocenters. The number of rotatable bonds is 7. The highest BCUT2D eigenvalue weighted by atomic mass is 32.2. The average Bonchev–Trinajstić information content (AvgIpc) is 2.70. The Morgan fingerprint density at radius 3 is 2.11 bits per heavy atom. The minimum atomic E-state index is -3.71. The maximum atomic E-state index is 12.3. The topological polar surface area (TPSA) is 102 Å². The van der Waals surface area contributed by atoms with Gasteiger partial charge in [0.1, 0.15) is 0 Å². The highest BCUT2D eigenvalue weighted by Crippen LogP contribution is 2.30. The molecular weight excluding hydrogens is 368 g/mol. The van der Waals surface area contributed by atoms with E-state index in [0.717, 1.165) is 5.69 Å². The summed E-state index contributed by atoms with van der Waals surface area (Å²) < 4.78 is 37.4. The van der Waals surface area contributed by atoms with Crippen LogP contribution in [0.5, 0.6) is 11.5 Å². The molecule has 0 aliphatic heterocycles. The van der Waals surface area contributed by atoms with E-state index in [1.54, 1.807) is 56.7 Å². The van der Waals surface area contributed by atoms with Gasteiger partial charge in [-0.3, -0.25) is 4.72 Å². The Kier molecular flexibility index (Phi) is 5.41. The Bertz CT molecular complexity index is 1010. The molecular formula is C18H18N4O4S. The van der Waals surface area contributed by atoms with Crippen LogP contribution in [0.1, 0.15) is 0 Å². The van der Waals surface area contributed by atoms with Crippen LogP contribution in [-0.2, 0) is 10.0 Å². The third-order valence-corrected chi connectivity index (χ3v) is 4.98. The van der Waals surface area contributed by atoms with Crippen LogP contribution in [0.2, 0.25) is 0 Å². The number of hydrogen-bond donors (Lipinski definition) is 2. The second kappa shape index (κ2) is 7.92. The molecule has 0 fully saturated rings. The fourth-order valence-corrected chi connectivity index (χ4v) is 3.33. The first-order chi connectivity index (χ1) is 13.0. The van der Waals surface area contributed by atoms with E-state index >= 15 is 0 Å². The number of aromatic nitrogens is 2. The van der Waals surface area contributed by atoms with Crippen LogP contribution in [0.25, 0.3) is 0 Å². The van der Waals surface area contributed by atoms with Gasteiger partial charge in [-0.25, -0.2) is 8.42 Å². The molecule has 9 heteroatoms. The largest absolute Gasteiger partial charge is 0.493 e. The zero-order valence-corrected chi connectivity index (χ0v) is 15.5. The molecule has 3 aromatic rings. The lowest BCUT2D eigenvalue weighted by Crippen LogP contribution is -2.14. The van der Waals surface area contributed by atoms with Gasteiger partial charge in [0.05, 0.1) is 19.1 Å². The second-order valence-electron chi connectivity index (χ2n) is 5.42. The first-order valence-electron chi connectivity index (χ1n) is 7.92. The van der Waals surface area contributed by atoms with E-state index in [0.29, 0.717) is 17.3 Å². The minimum absolute atomic E-state index is 0.122. The lowest BCUT2D eigenvalue weighted by atomic mass is 10.2. The van der Waals surface area contributed by atoms with Gasteiger partial charge >= 0.3 is 0 Å². The monoisotopic (exact) mass is 386 g/mol. The molecule has 27 heavy (non-hydrogen) atoms. The van der Waals surface area contributed by atoms with Crippen LogP contribution in [0.4, 0.5) is 17.3 Å². The summed E-state index contributed by atoms with van der Waals surface area (Å²) in [4.78, 5) is 0.152. The van der Waals surface area contributed by atoms with Crippen molar-refractivity contribution >= 4 is 27.3 Å². The van der Waals surface area contributed by atoms with Crippen molar-refractivity contribution in [3.05, 3.63) is 60.7 Å². The molecule has 0 saturated heterocycles. The van der Waals surface area contributed by atoms with Gasteiger partial charge in [-0.2, -0.15) is 0 Å². The van der Waals surface area contributed by atoms with Gasteiger partial charge in [0, 0.05) is 11.8 Å². The molecule has 0 amide bonds. The van der Waals surface area contributed by atoms with E-state index in [2.05, 4.69) is 20.2 Å². The van der Waals surface area contributed by atoms with Gasteiger partial charge < -0.3 is 14.8 Å². The highest BCUT2D eigenvalue weighted by molar-refractivity contribution is 7.92. The molecule has 0 radical (unpaired) electrons. The normalized spacial score (nSPS) is 10.9. The van der Waals surface area contributed by atoms with Crippen molar-refractivity contribution in [2.45, 2.75) is 4.90 Å². The predicted molar refractivity (Wildman–Crippen MR) is 102 cm³/mol. The summed E-state index contributed by atoms with van der Waals surface area (Å²) in [6, 6.07) is 16.5. The zero-order valence-electron chi connectivity index (χ0n) is 14.7. The van der Waals surface area contributed by atoms with Crippen molar-refractivity contribution in [3.63, 3.8) is 0 Å². The van der Waals surface area contributed by atoms with Crippen LogP contribution >= 0.6 is 0 Å². The minimum Gasteiger partial charge on any atom is -0.493 e.